The van der Waals surface area contributed by atoms with Crippen molar-refractivity contribution in [3.63, 3.8) is 0 Å². The molecule has 0 aromatic heterocycles. The van der Waals surface area contributed by atoms with Gasteiger partial charge < -0.3 is 19.7 Å². The molecule has 0 saturated heterocycles. The maximum absolute atomic E-state index is 9.71. The van der Waals surface area contributed by atoms with Crippen LogP contribution in [0.5, 0.6) is 11.5 Å². The van der Waals surface area contributed by atoms with Gasteiger partial charge in [0.15, 0.2) is 0 Å². The van der Waals surface area contributed by atoms with Crippen LogP contribution in [-0.4, -0.2) is 36.6 Å². The standard InChI is InChI=1S/C32H42O4/c1-8-31(5,6)26-19-23(3)21-28(30(26)36-17-15-34)32(7,25-12-10-9-11-13-25)27-20-22(2)18-24(4)29(27)35-16-14-33/h9-13,18-21,33-34H,8,14-17H2,1-7H3. The molecule has 3 aromatic carbocycles. The van der Waals surface area contributed by atoms with E-state index in [9.17, 15) is 10.2 Å². The van der Waals surface area contributed by atoms with Crippen LogP contribution in [0.3, 0.4) is 0 Å². The van der Waals surface area contributed by atoms with E-state index >= 15 is 0 Å². The highest BCUT2D eigenvalue weighted by Gasteiger charge is 2.39. The third-order valence-corrected chi connectivity index (χ3v) is 7.37. The lowest BCUT2D eigenvalue weighted by atomic mass is 9.67. The van der Waals surface area contributed by atoms with Crippen molar-refractivity contribution in [3.8, 4) is 11.5 Å². The molecule has 36 heavy (non-hydrogen) atoms. The third-order valence-electron chi connectivity index (χ3n) is 7.37. The minimum absolute atomic E-state index is 0.0566. The summed E-state index contributed by atoms with van der Waals surface area (Å²) in [6.45, 7) is 15.5. The van der Waals surface area contributed by atoms with Crippen LogP contribution in [-0.2, 0) is 10.8 Å². The van der Waals surface area contributed by atoms with Gasteiger partial charge in [0.2, 0.25) is 0 Å². The normalized spacial score (nSPS) is 13.4. The maximum atomic E-state index is 9.71. The SMILES string of the molecule is CCC(C)(C)c1cc(C)cc(C(C)(c2ccccc2)c2cc(C)cc(C)c2OCCO)c1OCCO. The first-order valence-electron chi connectivity index (χ1n) is 12.9. The molecule has 0 heterocycles. The van der Waals surface area contributed by atoms with Crippen molar-refractivity contribution in [1.29, 1.82) is 0 Å². The van der Waals surface area contributed by atoms with Gasteiger partial charge in [0.25, 0.3) is 0 Å². The summed E-state index contributed by atoms with van der Waals surface area (Å²) in [5, 5.41) is 19.3. The lowest BCUT2D eigenvalue weighted by Gasteiger charge is -2.38. The Morgan fingerprint density at radius 3 is 1.75 bits per heavy atom. The second-order valence-electron chi connectivity index (χ2n) is 10.5. The fraction of sp³-hybridized carbons (Fsp3) is 0.438. The Balaban J connectivity index is 2.49. The fourth-order valence-electron chi connectivity index (χ4n) is 5.03. The second-order valence-corrected chi connectivity index (χ2v) is 10.5. The maximum Gasteiger partial charge on any atom is 0.127 e. The molecule has 1 unspecified atom stereocenters. The molecule has 0 aliphatic rings. The van der Waals surface area contributed by atoms with Crippen molar-refractivity contribution >= 4 is 0 Å². The van der Waals surface area contributed by atoms with Crippen LogP contribution in [0.1, 0.15) is 73.1 Å². The number of benzene rings is 3. The van der Waals surface area contributed by atoms with E-state index in [0.29, 0.717) is 0 Å². The monoisotopic (exact) mass is 490 g/mol. The van der Waals surface area contributed by atoms with Gasteiger partial charge in [-0.05, 0) is 50.7 Å². The molecule has 0 fully saturated rings. The van der Waals surface area contributed by atoms with Crippen molar-refractivity contribution in [2.75, 3.05) is 26.4 Å². The average molecular weight is 491 g/mol. The molecule has 3 rings (SSSR count). The highest BCUT2D eigenvalue weighted by molar-refractivity contribution is 5.63. The minimum Gasteiger partial charge on any atom is -0.491 e. The van der Waals surface area contributed by atoms with Gasteiger partial charge in [-0.25, -0.2) is 0 Å². The Hall–Kier alpha value is -2.82. The summed E-state index contributed by atoms with van der Waals surface area (Å²) in [7, 11) is 0. The predicted octanol–water partition coefficient (Wildman–Crippen LogP) is 6.40. The molecule has 1 atom stereocenters. The summed E-state index contributed by atoms with van der Waals surface area (Å²) >= 11 is 0. The number of hydrogen-bond acceptors (Lipinski definition) is 4. The number of rotatable bonds is 11. The molecule has 3 aromatic rings. The van der Waals surface area contributed by atoms with Crippen molar-refractivity contribution < 1.29 is 19.7 Å². The van der Waals surface area contributed by atoms with E-state index in [2.05, 4.69) is 97.0 Å². The molecule has 0 bridgehead atoms. The molecule has 2 N–H and O–H groups in total. The Bertz CT molecular complexity index is 1170. The molecule has 0 spiro atoms. The summed E-state index contributed by atoms with van der Waals surface area (Å²) in [6, 6.07) is 19.2. The molecular weight excluding hydrogens is 448 g/mol. The Labute approximate surface area is 216 Å². The van der Waals surface area contributed by atoms with Crippen LogP contribution in [0.2, 0.25) is 0 Å². The van der Waals surface area contributed by atoms with E-state index in [0.717, 1.165) is 56.9 Å². The molecule has 0 amide bonds. The molecule has 194 valence electrons. The first-order chi connectivity index (χ1) is 17.1. The zero-order valence-corrected chi connectivity index (χ0v) is 22.9. The molecule has 0 aliphatic carbocycles. The zero-order chi connectivity index (χ0) is 26.5. The first-order valence-corrected chi connectivity index (χ1v) is 12.9. The number of aliphatic hydroxyl groups excluding tert-OH is 2. The van der Waals surface area contributed by atoms with Gasteiger partial charge >= 0.3 is 0 Å². The lowest BCUT2D eigenvalue weighted by molar-refractivity contribution is 0.195. The van der Waals surface area contributed by atoms with Gasteiger partial charge in [-0.1, -0.05) is 86.5 Å². The highest BCUT2D eigenvalue weighted by atomic mass is 16.5. The number of aliphatic hydroxyl groups is 2. The minimum atomic E-state index is -0.627. The van der Waals surface area contributed by atoms with Gasteiger partial charge in [-0.3, -0.25) is 0 Å². The van der Waals surface area contributed by atoms with Gasteiger partial charge in [-0.15, -0.1) is 0 Å². The molecule has 0 saturated carbocycles. The van der Waals surface area contributed by atoms with Crippen LogP contribution in [0.25, 0.3) is 0 Å². The Morgan fingerprint density at radius 1 is 0.694 bits per heavy atom. The van der Waals surface area contributed by atoms with E-state index in [1.54, 1.807) is 0 Å². The summed E-state index contributed by atoms with van der Waals surface area (Å²) in [4.78, 5) is 0. The van der Waals surface area contributed by atoms with Crippen molar-refractivity contribution in [1.82, 2.24) is 0 Å². The van der Waals surface area contributed by atoms with Crippen LogP contribution in [0.15, 0.2) is 54.6 Å². The molecular formula is C32H42O4. The van der Waals surface area contributed by atoms with E-state index in [1.807, 2.05) is 6.07 Å². The van der Waals surface area contributed by atoms with Gasteiger partial charge in [0.05, 0.1) is 13.2 Å². The predicted molar refractivity (Wildman–Crippen MR) is 148 cm³/mol. The molecule has 0 aliphatic heterocycles. The van der Waals surface area contributed by atoms with Crippen molar-refractivity contribution in [2.45, 2.75) is 65.7 Å². The van der Waals surface area contributed by atoms with Crippen LogP contribution < -0.4 is 9.47 Å². The topological polar surface area (TPSA) is 58.9 Å². The van der Waals surface area contributed by atoms with Gasteiger partial charge in [0.1, 0.15) is 24.7 Å². The van der Waals surface area contributed by atoms with Crippen molar-refractivity contribution in [2.24, 2.45) is 0 Å². The fourth-order valence-corrected chi connectivity index (χ4v) is 5.03. The van der Waals surface area contributed by atoms with Crippen LogP contribution >= 0.6 is 0 Å². The Morgan fingerprint density at radius 2 is 1.19 bits per heavy atom. The molecule has 0 radical (unpaired) electrons. The second kappa shape index (κ2) is 11.5. The lowest BCUT2D eigenvalue weighted by Crippen LogP contribution is -2.30. The van der Waals surface area contributed by atoms with E-state index in [4.69, 9.17) is 9.47 Å². The zero-order valence-electron chi connectivity index (χ0n) is 22.9. The summed E-state index contributed by atoms with van der Waals surface area (Å²) < 4.78 is 12.6. The quantitative estimate of drug-likeness (QED) is 0.306. The smallest absolute Gasteiger partial charge is 0.127 e. The molecule has 4 nitrogen and oxygen atoms in total. The number of ether oxygens (including phenoxy) is 2. The summed E-state index contributed by atoms with van der Waals surface area (Å²) in [5.41, 5.74) is 6.89. The summed E-state index contributed by atoms with van der Waals surface area (Å²) in [6.07, 6.45) is 0.946. The first kappa shape index (κ1) is 27.8. The van der Waals surface area contributed by atoms with E-state index < -0.39 is 5.41 Å². The van der Waals surface area contributed by atoms with Crippen LogP contribution in [0, 0.1) is 20.8 Å². The van der Waals surface area contributed by atoms with Crippen LogP contribution in [0.4, 0.5) is 0 Å². The third kappa shape index (κ3) is 5.45. The van der Waals surface area contributed by atoms with E-state index in [1.165, 1.54) is 0 Å². The van der Waals surface area contributed by atoms with E-state index in [-0.39, 0.29) is 31.8 Å². The van der Waals surface area contributed by atoms with Crippen molar-refractivity contribution in [3.05, 3.63) is 93.5 Å². The largest absolute Gasteiger partial charge is 0.491 e. The highest BCUT2D eigenvalue weighted by Crippen LogP contribution is 2.50. The number of aryl methyl sites for hydroxylation is 3. The number of hydrogen-bond donors (Lipinski definition) is 2. The Kier molecular flexibility index (Phi) is 8.86. The van der Waals surface area contributed by atoms with Gasteiger partial charge in [-0.2, -0.15) is 0 Å². The summed E-state index contributed by atoms with van der Waals surface area (Å²) in [5.74, 6) is 1.60. The van der Waals surface area contributed by atoms with Gasteiger partial charge in [0, 0.05) is 22.1 Å². The molecule has 4 heteroatoms. The average Bonchev–Trinajstić information content (AvgIpc) is 2.86.